The van der Waals surface area contributed by atoms with Gasteiger partial charge in [0.15, 0.2) is 17.5 Å². The van der Waals surface area contributed by atoms with Crippen LogP contribution in [0.2, 0.25) is 0 Å². The van der Waals surface area contributed by atoms with Crippen LogP contribution in [0.1, 0.15) is 48.9 Å². The number of benzene rings is 5. The highest BCUT2D eigenvalue weighted by Crippen LogP contribution is 2.53. The van der Waals surface area contributed by atoms with Gasteiger partial charge in [0.05, 0.1) is 0 Å². The molecule has 1 unspecified atom stereocenters. The first-order valence-electron chi connectivity index (χ1n) is 15.4. The lowest BCUT2D eigenvalue weighted by atomic mass is 9.76. The summed E-state index contributed by atoms with van der Waals surface area (Å²) in [5, 5.41) is 0. The largest absolute Gasteiger partial charge is 0.208 e. The topological polar surface area (TPSA) is 38.7 Å². The van der Waals surface area contributed by atoms with E-state index < -0.39 is 0 Å². The van der Waals surface area contributed by atoms with Gasteiger partial charge in [0.25, 0.3) is 0 Å². The van der Waals surface area contributed by atoms with Crippen LogP contribution in [0.5, 0.6) is 0 Å². The molecule has 2 aliphatic rings. The van der Waals surface area contributed by atoms with Crippen LogP contribution in [0.3, 0.4) is 0 Å². The second kappa shape index (κ2) is 10.1. The number of aromatic nitrogens is 3. The number of nitrogens with zero attached hydrogens (tertiary/aromatic N) is 3. The minimum Gasteiger partial charge on any atom is -0.208 e. The van der Waals surface area contributed by atoms with Crippen molar-refractivity contribution in [3.05, 3.63) is 138 Å². The van der Waals surface area contributed by atoms with E-state index >= 15 is 0 Å². The van der Waals surface area contributed by atoms with Gasteiger partial charge in [-0.1, -0.05) is 117 Å². The number of rotatable bonds is 4. The Hall–Kier alpha value is -4.89. The molecule has 5 aromatic carbocycles. The van der Waals surface area contributed by atoms with E-state index in [0.717, 1.165) is 36.0 Å². The molecule has 0 saturated carbocycles. The summed E-state index contributed by atoms with van der Waals surface area (Å²) in [7, 11) is 0. The third-order valence-electron chi connectivity index (χ3n) is 9.61. The van der Waals surface area contributed by atoms with Crippen LogP contribution in [0.4, 0.5) is 0 Å². The van der Waals surface area contributed by atoms with Crippen molar-refractivity contribution in [1.82, 2.24) is 15.0 Å². The molecule has 1 heterocycles. The number of fused-ring (bicyclic) bond motifs is 6. The molecular weight excluding hydrogens is 522 g/mol. The van der Waals surface area contributed by atoms with Gasteiger partial charge in [0.1, 0.15) is 0 Å². The summed E-state index contributed by atoms with van der Waals surface area (Å²) in [6, 6.07) is 41.2. The predicted molar refractivity (Wildman–Crippen MR) is 176 cm³/mol. The van der Waals surface area contributed by atoms with Crippen LogP contribution >= 0.6 is 0 Å². The summed E-state index contributed by atoms with van der Waals surface area (Å²) in [6.45, 7) is 4.73. The maximum Gasteiger partial charge on any atom is 0.164 e. The van der Waals surface area contributed by atoms with Gasteiger partial charge in [-0.2, -0.15) is 0 Å². The Labute approximate surface area is 253 Å². The van der Waals surface area contributed by atoms with E-state index in [0.29, 0.717) is 17.5 Å². The first-order chi connectivity index (χ1) is 21.1. The molecule has 0 aliphatic heterocycles. The molecule has 3 nitrogen and oxygen atoms in total. The average molecular weight is 556 g/mol. The third kappa shape index (κ3) is 4.22. The van der Waals surface area contributed by atoms with Crippen molar-refractivity contribution in [2.75, 3.05) is 0 Å². The lowest BCUT2D eigenvalue weighted by molar-refractivity contribution is 0.564. The predicted octanol–water partition coefficient (Wildman–Crippen LogP) is 9.72. The van der Waals surface area contributed by atoms with Gasteiger partial charge in [0, 0.05) is 22.1 Å². The summed E-state index contributed by atoms with van der Waals surface area (Å²) >= 11 is 0. The second-order valence-electron chi connectivity index (χ2n) is 12.0. The summed E-state index contributed by atoms with van der Waals surface area (Å²) in [5.41, 5.74) is 14.2. The molecular formula is C40H33N3. The van der Waals surface area contributed by atoms with Gasteiger partial charge >= 0.3 is 0 Å². The van der Waals surface area contributed by atoms with Gasteiger partial charge in [-0.3, -0.25) is 0 Å². The molecule has 6 aromatic rings. The average Bonchev–Trinajstić information content (AvgIpc) is 3.18. The highest BCUT2D eigenvalue weighted by atomic mass is 15.0. The maximum atomic E-state index is 5.02. The van der Waals surface area contributed by atoms with Gasteiger partial charge in [-0.05, 0) is 82.3 Å². The lowest BCUT2D eigenvalue weighted by Crippen LogP contribution is -2.19. The first-order valence-corrected chi connectivity index (χ1v) is 15.4. The van der Waals surface area contributed by atoms with E-state index in [1.807, 2.05) is 36.4 Å². The van der Waals surface area contributed by atoms with Crippen molar-refractivity contribution in [2.45, 2.75) is 44.9 Å². The normalized spacial score (nSPS) is 16.5. The molecule has 2 aliphatic carbocycles. The summed E-state index contributed by atoms with van der Waals surface area (Å²) in [5.74, 6) is 2.08. The van der Waals surface area contributed by atoms with Crippen molar-refractivity contribution in [2.24, 2.45) is 0 Å². The lowest BCUT2D eigenvalue weighted by Gasteiger charge is -2.27. The van der Waals surface area contributed by atoms with Crippen LogP contribution in [-0.4, -0.2) is 15.0 Å². The molecule has 0 fully saturated rings. The molecule has 1 aromatic heterocycles. The standard InChI is InChI=1S/C40H33N3/c1-3-40(2)35-24-30(39-42-37(27-14-6-4-7-15-27)41-38(43-39)28-16-8-5-9-17-28)21-22-32(35)34-23-29-19-12-18-26-13-10-11-20-31(26)33(29)25-36(34)40/h4-11,13-17,20-25H,3,12,18-19H2,1-2H3. The molecule has 8 rings (SSSR count). The molecule has 0 saturated heterocycles. The van der Waals surface area contributed by atoms with Crippen molar-refractivity contribution in [3.63, 3.8) is 0 Å². The molecule has 0 radical (unpaired) electrons. The van der Waals surface area contributed by atoms with Gasteiger partial charge in [-0.25, -0.2) is 15.0 Å². The number of aryl methyl sites for hydroxylation is 2. The monoisotopic (exact) mass is 555 g/mol. The van der Waals surface area contributed by atoms with Crippen molar-refractivity contribution < 1.29 is 0 Å². The highest BCUT2D eigenvalue weighted by molar-refractivity contribution is 5.87. The molecule has 0 bridgehead atoms. The number of hydrogen-bond acceptors (Lipinski definition) is 3. The Balaban J connectivity index is 1.29. The number of hydrogen-bond donors (Lipinski definition) is 0. The summed E-state index contributed by atoms with van der Waals surface area (Å²) in [6.07, 6.45) is 4.45. The summed E-state index contributed by atoms with van der Waals surface area (Å²) in [4.78, 5) is 14.9. The van der Waals surface area contributed by atoms with E-state index in [2.05, 4.69) is 92.7 Å². The Morgan fingerprint density at radius 3 is 1.77 bits per heavy atom. The Morgan fingerprint density at radius 1 is 0.512 bits per heavy atom. The van der Waals surface area contributed by atoms with Crippen LogP contribution < -0.4 is 0 Å². The van der Waals surface area contributed by atoms with Gasteiger partial charge in [-0.15, -0.1) is 0 Å². The molecule has 0 amide bonds. The van der Waals surface area contributed by atoms with E-state index in [-0.39, 0.29) is 5.41 Å². The Morgan fingerprint density at radius 2 is 1.09 bits per heavy atom. The molecule has 0 N–H and O–H groups in total. The second-order valence-corrected chi connectivity index (χ2v) is 12.0. The zero-order valence-electron chi connectivity index (χ0n) is 24.6. The third-order valence-corrected chi connectivity index (χ3v) is 9.61. The van der Waals surface area contributed by atoms with Crippen molar-refractivity contribution >= 4 is 0 Å². The van der Waals surface area contributed by atoms with Crippen LogP contribution in [0.15, 0.2) is 115 Å². The van der Waals surface area contributed by atoms with Gasteiger partial charge < -0.3 is 0 Å². The molecule has 208 valence electrons. The smallest absolute Gasteiger partial charge is 0.164 e. The summed E-state index contributed by atoms with van der Waals surface area (Å²) < 4.78 is 0. The van der Waals surface area contributed by atoms with E-state index in [9.17, 15) is 0 Å². The van der Waals surface area contributed by atoms with Crippen LogP contribution in [0, 0.1) is 0 Å². The first kappa shape index (κ1) is 25.8. The van der Waals surface area contributed by atoms with Crippen LogP contribution in [0.25, 0.3) is 56.4 Å². The minimum absolute atomic E-state index is 0.103. The molecule has 1 atom stereocenters. The van der Waals surface area contributed by atoms with Crippen molar-refractivity contribution in [1.29, 1.82) is 0 Å². The fourth-order valence-corrected chi connectivity index (χ4v) is 7.09. The fourth-order valence-electron chi connectivity index (χ4n) is 7.09. The zero-order chi connectivity index (χ0) is 29.0. The highest BCUT2D eigenvalue weighted by Gasteiger charge is 2.39. The Bertz CT molecular complexity index is 1940. The van der Waals surface area contributed by atoms with Crippen molar-refractivity contribution in [3.8, 4) is 56.4 Å². The molecule has 0 spiro atoms. The maximum absolute atomic E-state index is 5.02. The van der Waals surface area contributed by atoms with E-state index in [1.54, 1.807) is 0 Å². The molecule has 43 heavy (non-hydrogen) atoms. The quantitative estimate of drug-likeness (QED) is 0.217. The van der Waals surface area contributed by atoms with Gasteiger partial charge in [0.2, 0.25) is 0 Å². The fraction of sp³-hybridized carbons (Fsp3) is 0.175. The zero-order valence-corrected chi connectivity index (χ0v) is 24.6. The van der Waals surface area contributed by atoms with E-state index in [1.165, 1.54) is 50.9 Å². The van der Waals surface area contributed by atoms with Crippen LogP contribution in [-0.2, 0) is 18.3 Å². The van der Waals surface area contributed by atoms with E-state index in [4.69, 9.17) is 15.0 Å². The molecule has 3 heteroatoms. The Kier molecular flexibility index (Phi) is 6.08. The SMILES string of the molecule is CCC1(C)c2cc(-c3nc(-c4ccccc4)nc(-c4ccccc4)n3)ccc2-c2cc3c(cc21)-c1ccccc1CCC3. The minimum atomic E-state index is -0.103.